The molecule has 61 heavy (non-hydrogen) atoms. The zero-order valence-electron chi connectivity index (χ0n) is 33.6. The van der Waals surface area contributed by atoms with Gasteiger partial charge in [0.05, 0.1) is 0 Å². The summed E-state index contributed by atoms with van der Waals surface area (Å²) in [7, 11) is 0. The lowest BCUT2D eigenvalue weighted by Crippen LogP contribution is -2.09. The van der Waals surface area contributed by atoms with Crippen molar-refractivity contribution in [1.29, 1.82) is 0 Å². The highest BCUT2D eigenvalue weighted by atomic mass is 15.1. The molecule has 11 aromatic rings. The van der Waals surface area contributed by atoms with Crippen LogP contribution < -0.4 is 4.90 Å². The van der Waals surface area contributed by atoms with Gasteiger partial charge in [0.15, 0.2) is 0 Å². The van der Waals surface area contributed by atoms with E-state index in [0.717, 1.165) is 17.1 Å². The molecule has 0 aromatic heterocycles. The maximum Gasteiger partial charge on any atom is 0.0462 e. The molecule has 0 radical (unpaired) electrons. The number of hydrogen-bond donors (Lipinski definition) is 0. The molecule has 286 valence electrons. The van der Waals surface area contributed by atoms with Crippen LogP contribution in [0.4, 0.5) is 17.1 Å². The van der Waals surface area contributed by atoms with Crippen LogP contribution in [-0.2, 0) is 0 Å². The molecule has 0 aliphatic heterocycles. The smallest absolute Gasteiger partial charge is 0.0462 e. The third-order valence-corrected chi connectivity index (χ3v) is 12.1. The van der Waals surface area contributed by atoms with E-state index in [-0.39, 0.29) is 0 Å². The van der Waals surface area contributed by atoms with Gasteiger partial charge in [0.1, 0.15) is 0 Å². The van der Waals surface area contributed by atoms with E-state index in [0.29, 0.717) is 0 Å². The summed E-state index contributed by atoms with van der Waals surface area (Å²) in [4.78, 5) is 2.36. The van der Waals surface area contributed by atoms with Crippen LogP contribution in [0.2, 0.25) is 0 Å². The summed E-state index contributed by atoms with van der Waals surface area (Å²) in [6, 6.07) is 90.4. The van der Waals surface area contributed by atoms with E-state index in [1.165, 1.54) is 88.0 Å². The second-order valence-corrected chi connectivity index (χ2v) is 15.7. The zero-order chi connectivity index (χ0) is 40.5. The van der Waals surface area contributed by atoms with Gasteiger partial charge in [0, 0.05) is 17.1 Å². The number of hydrogen-bond acceptors (Lipinski definition) is 1. The van der Waals surface area contributed by atoms with E-state index in [2.05, 4.69) is 254 Å². The van der Waals surface area contributed by atoms with Crippen molar-refractivity contribution in [2.75, 3.05) is 4.90 Å². The Balaban J connectivity index is 0.974. The average Bonchev–Trinajstić information content (AvgIpc) is 3.35. The number of benzene rings is 11. The first-order valence-corrected chi connectivity index (χ1v) is 21.0. The van der Waals surface area contributed by atoms with Gasteiger partial charge in [-0.25, -0.2) is 0 Å². The monoisotopic (exact) mass is 775 g/mol. The summed E-state index contributed by atoms with van der Waals surface area (Å²) in [5, 5.41) is 7.57. The first kappa shape index (κ1) is 36.1. The molecule has 0 spiro atoms. The summed E-state index contributed by atoms with van der Waals surface area (Å²) in [5.41, 5.74) is 15.4. The average molecular weight is 776 g/mol. The third kappa shape index (κ3) is 6.93. The summed E-state index contributed by atoms with van der Waals surface area (Å²) in [6.07, 6.45) is 0. The Hall–Kier alpha value is -8.00. The summed E-state index contributed by atoms with van der Waals surface area (Å²) >= 11 is 0. The van der Waals surface area contributed by atoms with E-state index in [9.17, 15) is 0 Å². The van der Waals surface area contributed by atoms with E-state index < -0.39 is 0 Å². The standard InChI is InChI=1S/C60H41N/c1-3-11-42(12-4-1)43-19-21-44(22-20-43)45-25-33-53(34-26-45)61(54-35-27-46(28-36-54)51-32-39-57-52(41-51)24-23-48-15-7-9-17-56(48)57)55-37-29-50(30-38-55)60-58-18-10-8-16-49(58)31-40-59(60)47-13-5-2-6-14-47/h1-41H. The second kappa shape index (κ2) is 15.6. The van der Waals surface area contributed by atoms with E-state index >= 15 is 0 Å². The zero-order valence-corrected chi connectivity index (χ0v) is 33.6. The highest BCUT2D eigenvalue weighted by Crippen LogP contribution is 2.42. The molecular weight excluding hydrogens is 735 g/mol. The van der Waals surface area contributed by atoms with Crippen molar-refractivity contribution in [2.45, 2.75) is 0 Å². The Morgan fingerprint density at radius 3 is 1.18 bits per heavy atom. The molecule has 1 nitrogen and oxygen atoms in total. The van der Waals surface area contributed by atoms with Crippen LogP contribution in [0.25, 0.3) is 88.0 Å². The van der Waals surface area contributed by atoms with Crippen molar-refractivity contribution >= 4 is 49.4 Å². The fourth-order valence-corrected chi connectivity index (χ4v) is 8.95. The minimum Gasteiger partial charge on any atom is -0.311 e. The molecule has 0 unspecified atom stereocenters. The second-order valence-electron chi connectivity index (χ2n) is 15.7. The molecule has 0 aliphatic carbocycles. The maximum atomic E-state index is 2.36. The highest BCUT2D eigenvalue weighted by molar-refractivity contribution is 6.08. The van der Waals surface area contributed by atoms with Gasteiger partial charge >= 0.3 is 0 Å². The fraction of sp³-hybridized carbons (Fsp3) is 0. The van der Waals surface area contributed by atoms with Crippen molar-refractivity contribution in [3.63, 3.8) is 0 Å². The van der Waals surface area contributed by atoms with Gasteiger partial charge in [-0.05, 0) is 130 Å². The van der Waals surface area contributed by atoms with Gasteiger partial charge < -0.3 is 4.90 Å². The molecule has 0 amide bonds. The Labute approximate surface area is 357 Å². The molecule has 0 bridgehead atoms. The summed E-state index contributed by atoms with van der Waals surface area (Å²) in [6.45, 7) is 0. The Kier molecular flexibility index (Phi) is 9.26. The first-order valence-electron chi connectivity index (χ1n) is 21.0. The highest BCUT2D eigenvalue weighted by Gasteiger charge is 2.17. The number of rotatable bonds is 8. The van der Waals surface area contributed by atoms with Crippen LogP contribution in [0.3, 0.4) is 0 Å². The van der Waals surface area contributed by atoms with Crippen LogP contribution >= 0.6 is 0 Å². The molecule has 11 rings (SSSR count). The van der Waals surface area contributed by atoms with Crippen molar-refractivity contribution in [3.8, 4) is 55.6 Å². The van der Waals surface area contributed by atoms with Gasteiger partial charge in [-0.1, -0.05) is 206 Å². The molecular formula is C60H41N. The summed E-state index contributed by atoms with van der Waals surface area (Å²) < 4.78 is 0. The van der Waals surface area contributed by atoms with Crippen molar-refractivity contribution in [2.24, 2.45) is 0 Å². The lowest BCUT2D eigenvalue weighted by atomic mass is 9.89. The van der Waals surface area contributed by atoms with Gasteiger partial charge in [0.2, 0.25) is 0 Å². The van der Waals surface area contributed by atoms with Crippen molar-refractivity contribution in [3.05, 3.63) is 249 Å². The van der Waals surface area contributed by atoms with E-state index in [1.807, 2.05) is 0 Å². The minimum atomic E-state index is 1.09. The van der Waals surface area contributed by atoms with Gasteiger partial charge in [0.25, 0.3) is 0 Å². The molecule has 0 N–H and O–H groups in total. The minimum absolute atomic E-state index is 1.09. The van der Waals surface area contributed by atoms with Crippen LogP contribution in [0.15, 0.2) is 249 Å². The maximum absolute atomic E-state index is 2.36. The largest absolute Gasteiger partial charge is 0.311 e. The fourth-order valence-electron chi connectivity index (χ4n) is 8.95. The van der Waals surface area contributed by atoms with Crippen molar-refractivity contribution < 1.29 is 0 Å². The predicted octanol–water partition coefficient (Wildman–Crippen LogP) is 17.0. The normalized spacial score (nSPS) is 11.3. The van der Waals surface area contributed by atoms with E-state index in [1.54, 1.807) is 0 Å². The molecule has 0 aliphatic rings. The van der Waals surface area contributed by atoms with Crippen LogP contribution in [0.5, 0.6) is 0 Å². The van der Waals surface area contributed by atoms with Crippen LogP contribution in [-0.4, -0.2) is 0 Å². The molecule has 0 saturated carbocycles. The molecule has 0 atom stereocenters. The quantitative estimate of drug-likeness (QED) is 0.139. The molecule has 0 heterocycles. The van der Waals surface area contributed by atoms with Crippen LogP contribution in [0, 0.1) is 0 Å². The topological polar surface area (TPSA) is 3.24 Å². The lowest BCUT2D eigenvalue weighted by Gasteiger charge is -2.26. The Morgan fingerprint density at radius 1 is 0.213 bits per heavy atom. The number of fused-ring (bicyclic) bond motifs is 4. The Morgan fingerprint density at radius 2 is 0.590 bits per heavy atom. The SMILES string of the molecule is c1ccc(-c2ccc(-c3ccc(N(c4ccc(-c5ccc6c(ccc7ccccc76)c5)cc4)c4ccc(-c5c(-c6ccccc6)ccc6ccccc56)cc4)cc3)cc2)cc1. The molecule has 11 aromatic carbocycles. The number of anilines is 3. The summed E-state index contributed by atoms with van der Waals surface area (Å²) in [5.74, 6) is 0. The van der Waals surface area contributed by atoms with E-state index in [4.69, 9.17) is 0 Å². The third-order valence-electron chi connectivity index (χ3n) is 12.1. The number of nitrogens with zero attached hydrogens (tertiary/aromatic N) is 1. The molecule has 1 heteroatoms. The predicted molar refractivity (Wildman–Crippen MR) is 261 cm³/mol. The molecule has 0 fully saturated rings. The molecule has 0 saturated heterocycles. The van der Waals surface area contributed by atoms with Crippen molar-refractivity contribution in [1.82, 2.24) is 0 Å². The first-order chi connectivity index (χ1) is 30.2. The lowest BCUT2D eigenvalue weighted by molar-refractivity contribution is 1.28. The van der Waals surface area contributed by atoms with Gasteiger partial charge in [-0.3, -0.25) is 0 Å². The van der Waals surface area contributed by atoms with Gasteiger partial charge in [-0.2, -0.15) is 0 Å². The van der Waals surface area contributed by atoms with Crippen LogP contribution in [0.1, 0.15) is 0 Å². The Bertz CT molecular complexity index is 3300. The van der Waals surface area contributed by atoms with Gasteiger partial charge in [-0.15, -0.1) is 0 Å².